The third kappa shape index (κ3) is 5.55. The number of hydrogen-bond acceptors (Lipinski definition) is 8. The molecule has 0 bridgehead atoms. The van der Waals surface area contributed by atoms with Gasteiger partial charge >= 0.3 is 5.97 Å². The average Bonchev–Trinajstić information content (AvgIpc) is 3.29. The Morgan fingerprint density at radius 2 is 1.91 bits per heavy atom. The lowest BCUT2D eigenvalue weighted by Crippen LogP contribution is -2.39. The van der Waals surface area contributed by atoms with Gasteiger partial charge in [-0.05, 0) is 43.7 Å². The summed E-state index contributed by atoms with van der Waals surface area (Å²) in [5.74, 6) is -0.0404. The van der Waals surface area contributed by atoms with Gasteiger partial charge in [0.25, 0.3) is 5.91 Å². The molecule has 0 atom stereocenters. The molecular weight excluding hydrogens is 454 g/mol. The number of benzene rings is 2. The van der Waals surface area contributed by atoms with Crippen LogP contribution >= 0.6 is 11.3 Å². The normalized spacial score (nSPS) is 14.2. The van der Waals surface area contributed by atoms with Crippen LogP contribution in [0.1, 0.15) is 34.1 Å². The summed E-state index contributed by atoms with van der Waals surface area (Å²) in [4.78, 5) is 34.8. The lowest BCUT2D eigenvalue weighted by molar-refractivity contribution is 0.0376. The Morgan fingerprint density at radius 3 is 2.65 bits per heavy atom. The zero-order valence-electron chi connectivity index (χ0n) is 19.5. The van der Waals surface area contributed by atoms with E-state index in [-0.39, 0.29) is 11.5 Å². The minimum Gasteiger partial charge on any atom is -0.494 e. The zero-order valence-corrected chi connectivity index (χ0v) is 20.3. The number of hydrogen-bond donors (Lipinski definition) is 0. The van der Waals surface area contributed by atoms with E-state index in [1.165, 1.54) is 18.4 Å². The Bertz CT molecular complexity index is 1140. The molecule has 1 amide bonds. The van der Waals surface area contributed by atoms with Gasteiger partial charge in [0.05, 0.1) is 48.3 Å². The second-order valence-electron chi connectivity index (χ2n) is 7.86. The van der Waals surface area contributed by atoms with Gasteiger partial charge < -0.3 is 14.2 Å². The maximum atomic E-state index is 13.7. The van der Waals surface area contributed by atoms with E-state index in [0.29, 0.717) is 23.8 Å². The molecule has 1 aliphatic rings. The van der Waals surface area contributed by atoms with Gasteiger partial charge in [-0.15, -0.1) is 0 Å². The number of aromatic nitrogens is 1. The molecule has 2 aromatic carbocycles. The van der Waals surface area contributed by atoms with Gasteiger partial charge in [-0.1, -0.05) is 23.5 Å². The Balaban J connectivity index is 1.63. The Kier molecular flexibility index (Phi) is 8.10. The molecule has 0 radical (unpaired) electrons. The molecule has 9 heteroatoms. The summed E-state index contributed by atoms with van der Waals surface area (Å²) in [5.41, 5.74) is 1.35. The molecule has 1 aliphatic heterocycles. The molecule has 34 heavy (non-hydrogen) atoms. The summed E-state index contributed by atoms with van der Waals surface area (Å²) in [6.45, 7) is 7.09. The molecule has 1 fully saturated rings. The highest BCUT2D eigenvalue weighted by Gasteiger charge is 2.26. The first-order valence-electron chi connectivity index (χ1n) is 11.4. The third-order valence-corrected chi connectivity index (χ3v) is 6.70. The van der Waals surface area contributed by atoms with Crippen LogP contribution in [-0.4, -0.2) is 74.9 Å². The van der Waals surface area contributed by atoms with E-state index in [4.69, 9.17) is 19.2 Å². The summed E-state index contributed by atoms with van der Waals surface area (Å²) >= 11 is 1.44. The lowest BCUT2D eigenvalue weighted by atomic mass is 10.1. The lowest BCUT2D eigenvalue weighted by Gasteiger charge is -2.28. The summed E-state index contributed by atoms with van der Waals surface area (Å²) < 4.78 is 16.9. The van der Waals surface area contributed by atoms with E-state index in [1.807, 2.05) is 25.1 Å². The number of morpholine rings is 1. The van der Waals surface area contributed by atoms with Gasteiger partial charge in [-0.3, -0.25) is 14.6 Å². The summed E-state index contributed by atoms with van der Waals surface area (Å²) in [6, 6.07) is 12.5. The second-order valence-corrected chi connectivity index (χ2v) is 8.87. The van der Waals surface area contributed by atoms with Crippen LogP contribution in [0, 0.1) is 0 Å². The highest BCUT2D eigenvalue weighted by molar-refractivity contribution is 7.22. The molecule has 180 valence electrons. The van der Waals surface area contributed by atoms with Gasteiger partial charge in [0.15, 0.2) is 5.13 Å². The van der Waals surface area contributed by atoms with Crippen LogP contribution in [-0.2, 0) is 9.47 Å². The highest BCUT2D eigenvalue weighted by Crippen LogP contribution is 2.32. The van der Waals surface area contributed by atoms with Crippen molar-refractivity contribution < 1.29 is 23.8 Å². The second kappa shape index (κ2) is 11.4. The topological polar surface area (TPSA) is 81.2 Å². The van der Waals surface area contributed by atoms with E-state index >= 15 is 0 Å². The van der Waals surface area contributed by atoms with E-state index in [1.54, 1.807) is 29.2 Å². The fourth-order valence-corrected chi connectivity index (χ4v) is 4.95. The maximum absolute atomic E-state index is 13.7. The van der Waals surface area contributed by atoms with Crippen LogP contribution in [0.5, 0.6) is 5.75 Å². The quantitative estimate of drug-likeness (QED) is 0.428. The molecule has 2 heterocycles. The number of carbonyl (C=O) groups is 2. The predicted octanol–water partition coefficient (Wildman–Crippen LogP) is 3.85. The fourth-order valence-electron chi connectivity index (χ4n) is 3.93. The highest BCUT2D eigenvalue weighted by atomic mass is 32.1. The first-order chi connectivity index (χ1) is 16.6. The number of rotatable bonds is 9. The number of anilines is 1. The molecule has 0 N–H and O–H groups in total. The molecule has 1 aromatic heterocycles. The largest absolute Gasteiger partial charge is 0.494 e. The Hall–Kier alpha value is -3.01. The van der Waals surface area contributed by atoms with Crippen molar-refractivity contribution >= 4 is 38.6 Å². The van der Waals surface area contributed by atoms with Crippen molar-refractivity contribution in [2.45, 2.75) is 13.3 Å². The smallest absolute Gasteiger partial charge is 0.338 e. The number of esters is 1. The van der Waals surface area contributed by atoms with Gasteiger partial charge in [-0.25, -0.2) is 9.78 Å². The summed E-state index contributed by atoms with van der Waals surface area (Å²) in [7, 11) is 1.31. The van der Waals surface area contributed by atoms with Crippen molar-refractivity contribution in [2.24, 2.45) is 0 Å². The van der Waals surface area contributed by atoms with Crippen LogP contribution in [0.25, 0.3) is 10.2 Å². The Labute approximate surface area is 203 Å². The van der Waals surface area contributed by atoms with Gasteiger partial charge in [0.2, 0.25) is 0 Å². The van der Waals surface area contributed by atoms with Crippen molar-refractivity contribution in [3.05, 3.63) is 53.6 Å². The predicted molar refractivity (Wildman–Crippen MR) is 132 cm³/mol. The number of methoxy groups -OCH3 is 1. The van der Waals surface area contributed by atoms with Crippen molar-refractivity contribution in [3.63, 3.8) is 0 Å². The van der Waals surface area contributed by atoms with E-state index in [0.717, 1.165) is 55.2 Å². The van der Waals surface area contributed by atoms with Crippen LogP contribution in [0.3, 0.4) is 0 Å². The molecule has 1 saturated heterocycles. The van der Waals surface area contributed by atoms with Crippen LogP contribution in [0.4, 0.5) is 5.13 Å². The van der Waals surface area contributed by atoms with Gasteiger partial charge in [0.1, 0.15) is 5.75 Å². The van der Waals surface area contributed by atoms with E-state index in [2.05, 4.69) is 4.90 Å². The zero-order chi connectivity index (χ0) is 23.9. The average molecular weight is 484 g/mol. The molecule has 0 saturated carbocycles. The summed E-state index contributed by atoms with van der Waals surface area (Å²) in [5, 5.41) is 0.593. The van der Waals surface area contributed by atoms with Crippen LogP contribution in [0.15, 0.2) is 42.5 Å². The minimum absolute atomic E-state index is 0.243. The SMILES string of the molecule is CCOc1ccc2nc(N(CCCN3CCOCC3)C(=O)c3ccccc3C(=O)OC)sc2c1. The first kappa shape index (κ1) is 24.1. The Morgan fingerprint density at radius 1 is 1.15 bits per heavy atom. The number of nitrogens with zero attached hydrogens (tertiary/aromatic N) is 3. The molecule has 0 aliphatic carbocycles. The van der Waals surface area contributed by atoms with Gasteiger partial charge in [0, 0.05) is 26.2 Å². The number of amides is 1. The maximum Gasteiger partial charge on any atom is 0.338 e. The fraction of sp³-hybridized carbons (Fsp3) is 0.400. The first-order valence-corrected chi connectivity index (χ1v) is 12.2. The minimum atomic E-state index is -0.539. The van der Waals surface area contributed by atoms with E-state index < -0.39 is 5.97 Å². The number of carbonyl (C=O) groups excluding carboxylic acids is 2. The standard InChI is InChI=1S/C25H29N3O5S/c1-3-33-18-9-10-21-22(17-18)34-25(26-21)28(12-6-11-27-13-15-32-16-14-27)23(29)19-7-4-5-8-20(19)24(30)31-2/h4-5,7-10,17H,3,6,11-16H2,1-2H3. The van der Waals surface area contributed by atoms with E-state index in [9.17, 15) is 9.59 Å². The third-order valence-electron chi connectivity index (χ3n) is 5.66. The number of thiazole rings is 1. The molecule has 3 aromatic rings. The number of fused-ring (bicyclic) bond motifs is 1. The van der Waals surface area contributed by atoms with Crippen molar-refractivity contribution in [1.29, 1.82) is 0 Å². The van der Waals surface area contributed by atoms with Crippen LogP contribution in [0.2, 0.25) is 0 Å². The molecule has 0 spiro atoms. The molecular formula is C25H29N3O5S. The van der Waals surface area contributed by atoms with Crippen molar-refractivity contribution in [2.75, 3.05) is 58.0 Å². The van der Waals surface area contributed by atoms with Crippen molar-refractivity contribution in [3.8, 4) is 5.75 Å². The molecule has 0 unspecified atom stereocenters. The van der Waals surface area contributed by atoms with Gasteiger partial charge in [-0.2, -0.15) is 0 Å². The van der Waals surface area contributed by atoms with Crippen molar-refractivity contribution in [1.82, 2.24) is 9.88 Å². The molecule has 8 nitrogen and oxygen atoms in total. The monoisotopic (exact) mass is 483 g/mol. The number of ether oxygens (including phenoxy) is 3. The summed E-state index contributed by atoms with van der Waals surface area (Å²) in [6.07, 6.45) is 0.770. The van der Waals surface area contributed by atoms with Crippen LogP contribution < -0.4 is 9.64 Å². The molecule has 4 rings (SSSR count).